The van der Waals surface area contributed by atoms with Crippen molar-refractivity contribution in [1.82, 2.24) is 15.2 Å². The molecule has 5 nitrogen and oxygen atoms in total. The van der Waals surface area contributed by atoms with E-state index in [1.54, 1.807) is 23.2 Å². The molecule has 0 spiro atoms. The average molecular weight is 326 g/mol. The van der Waals surface area contributed by atoms with E-state index in [4.69, 9.17) is 0 Å². The Labute approximate surface area is 120 Å². The second kappa shape index (κ2) is 6.14. The molecule has 102 valence electrons. The van der Waals surface area contributed by atoms with E-state index in [9.17, 15) is 9.59 Å². The lowest BCUT2D eigenvalue weighted by Gasteiger charge is -2.21. The number of nitrogens with one attached hydrogen (secondary N) is 1. The summed E-state index contributed by atoms with van der Waals surface area (Å²) in [4.78, 5) is 29.3. The molecule has 1 saturated heterocycles. The van der Waals surface area contributed by atoms with Crippen molar-refractivity contribution in [2.45, 2.75) is 25.8 Å². The number of hydrogen-bond acceptors (Lipinski definition) is 3. The molecule has 6 heteroatoms. The predicted octanol–water partition coefficient (Wildman–Crippen LogP) is 1.58. The van der Waals surface area contributed by atoms with Gasteiger partial charge in [0.15, 0.2) is 0 Å². The van der Waals surface area contributed by atoms with Gasteiger partial charge in [-0.25, -0.2) is 4.98 Å². The number of hydrogen-bond donors (Lipinski definition) is 1. The maximum absolute atomic E-state index is 12.0. The van der Waals surface area contributed by atoms with E-state index in [0.717, 1.165) is 13.0 Å². The normalized spacial score (nSPS) is 16.5. The molecule has 1 N–H and O–H groups in total. The standard InChI is InChI=1S/C13H16BrN3O2/c1-9(8-17-6-2-3-12(17)18)16-13(19)10-4-5-15-11(14)7-10/h4-5,7,9H,2-3,6,8H2,1H3,(H,16,19). The Hall–Kier alpha value is -1.43. The summed E-state index contributed by atoms with van der Waals surface area (Å²) in [5.74, 6) is 0.0231. The molecule has 2 rings (SSSR count). The summed E-state index contributed by atoms with van der Waals surface area (Å²) in [7, 11) is 0. The number of pyridine rings is 1. The third-order valence-electron chi connectivity index (χ3n) is 3.03. The van der Waals surface area contributed by atoms with E-state index in [1.165, 1.54) is 0 Å². The molecule has 1 aromatic rings. The fraction of sp³-hybridized carbons (Fsp3) is 0.462. The fourth-order valence-electron chi connectivity index (χ4n) is 2.12. The van der Waals surface area contributed by atoms with Gasteiger partial charge in [0.25, 0.3) is 5.91 Å². The lowest BCUT2D eigenvalue weighted by molar-refractivity contribution is -0.127. The van der Waals surface area contributed by atoms with Crippen LogP contribution in [0.25, 0.3) is 0 Å². The molecule has 0 saturated carbocycles. The van der Waals surface area contributed by atoms with Gasteiger partial charge in [-0.1, -0.05) is 0 Å². The van der Waals surface area contributed by atoms with Crippen LogP contribution in [0, 0.1) is 0 Å². The van der Waals surface area contributed by atoms with Crippen LogP contribution in [-0.4, -0.2) is 40.8 Å². The van der Waals surface area contributed by atoms with Crippen LogP contribution in [0.1, 0.15) is 30.1 Å². The molecule has 1 aliphatic heterocycles. The van der Waals surface area contributed by atoms with Gasteiger partial charge < -0.3 is 10.2 Å². The lowest BCUT2D eigenvalue weighted by atomic mass is 10.2. The first-order valence-corrected chi connectivity index (χ1v) is 7.06. The maximum Gasteiger partial charge on any atom is 0.251 e. The largest absolute Gasteiger partial charge is 0.348 e. The van der Waals surface area contributed by atoms with E-state index in [0.29, 0.717) is 23.1 Å². The van der Waals surface area contributed by atoms with Crippen LogP contribution in [-0.2, 0) is 4.79 Å². The molecule has 2 heterocycles. The highest BCUT2D eigenvalue weighted by molar-refractivity contribution is 9.10. The zero-order valence-electron chi connectivity index (χ0n) is 10.7. The van der Waals surface area contributed by atoms with Crippen molar-refractivity contribution in [3.8, 4) is 0 Å². The van der Waals surface area contributed by atoms with Gasteiger partial charge in [0.1, 0.15) is 4.60 Å². The van der Waals surface area contributed by atoms with Crippen LogP contribution in [0.4, 0.5) is 0 Å². The number of rotatable bonds is 4. The highest BCUT2D eigenvalue weighted by Gasteiger charge is 2.22. The monoisotopic (exact) mass is 325 g/mol. The van der Waals surface area contributed by atoms with Gasteiger partial charge in [0.05, 0.1) is 0 Å². The molecule has 0 radical (unpaired) electrons. The summed E-state index contributed by atoms with van der Waals surface area (Å²) in [5, 5.41) is 2.89. The van der Waals surface area contributed by atoms with Crippen molar-refractivity contribution < 1.29 is 9.59 Å². The molecule has 1 aromatic heterocycles. The Morgan fingerprint density at radius 2 is 2.42 bits per heavy atom. The van der Waals surface area contributed by atoms with Crippen molar-refractivity contribution in [2.24, 2.45) is 0 Å². The molecule has 19 heavy (non-hydrogen) atoms. The third-order valence-corrected chi connectivity index (χ3v) is 3.47. The molecule has 1 atom stereocenters. The molecular formula is C13H16BrN3O2. The van der Waals surface area contributed by atoms with Crippen molar-refractivity contribution >= 4 is 27.7 Å². The van der Waals surface area contributed by atoms with Crippen LogP contribution in [0.5, 0.6) is 0 Å². The van der Waals surface area contributed by atoms with Gasteiger partial charge in [-0.3, -0.25) is 9.59 Å². The van der Waals surface area contributed by atoms with Gasteiger partial charge in [-0.05, 0) is 41.4 Å². The van der Waals surface area contributed by atoms with E-state index >= 15 is 0 Å². The Morgan fingerprint density at radius 3 is 3.05 bits per heavy atom. The number of likely N-dealkylation sites (tertiary alicyclic amines) is 1. The van der Waals surface area contributed by atoms with Gasteiger partial charge in [-0.15, -0.1) is 0 Å². The Morgan fingerprint density at radius 1 is 1.63 bits per heavy atom. The maximum atomic E-state index is 12.0. The number of nitrogens with zero attached hydrogens (tertiary/aromatic N) is 2. The van der Waals surface area contributed by atoms with Crippen molar-refractivity contribution in [3.05, 3.63) is 28.5 Å². The lowest BCUT2D eigenvalue weighted by Crippen LogP contribution is -2.42. The van der Waals surface area contributed by atoms with Crippen LogP contribution in [0.15, 0.2) is 22.9 Å². The summed E-state index contributed by atoms with van der Waals surface area (Å²) in [6.45, 7) is 3.26. The molecule has 2 amide bonds. The summed E-state index contributed by atoms with van der Waals surface area (Å²) in [6.07, 6.45) is 3.11. The molecule has 1 unspecified atom stereocenters. The minimum Gasteiger partial charge on any atom is -0.348 e. The summed E-state index contributed by atoms with van der Waals surface area (Å²) < 4.78 is 0.627. The molecule has 0 bridgehead atoms. The molecule has 0 aliphatic carbocycles. The quantitative estimate of drug-likeness (QED) is 0.855. The number of aromatic nitrogens is 1. The number of carbonyl (C=O) groups excluding carboxylic acids is 2. The van der Waals surface area contributed by atoms with Gasteiger partial charge in [-0.2, -0.15) is 0 Å². The van der Waals surface area contributed by atoms with Gasteiger partial charge in [0, 0.05) is 37.3 Å². The van der Waals surface area contributed by atoms with E-state index < -0.39 is 0 Å². The number of halogens is 1. The highest BCUT2D eigenvalue weighted by Crippen LogP contribution is 2.11. The Bertz CT molecular complexity index is 493. The van der Waals surface area contributed by atoms with Crippen molar-refractivity contribution in [1.29, 1.82) is 0 Å². The topological polar surface area (TPSA) is 62.3 Å². The molecule has 1 fully saturated rings. The van der Waals surface area contributed by atoms with Crippen LogP contribution in [0.3, 0.4) is 0 Å². The highest BCUT2D eigenvalue weighted by atomic mass is 79.9. The Balaban J connectivity index is 1.89. The molecule has 1 aliphatic rings. The summed E-state index contributed by atoms with van der Waals surface area (Å²) >= 11 is 3.23. The van der Waals surface area contributed by atoms with Crippen molar-refractivity contribution in [2.75, 3.05) is 13.1 Å². The van der Waals surface area contributed by atoms with Crippen LogP contribution >= 0.6 is 15.9 Å². The first-order chi connectivity index (χ1) is 9.06. The molecule has 0 aromatic carbocycles. The zero-order chi connectivity index (χ0) is 13.8. The van der Waals surface area contributed by atoms with Crippen LogP contribution < -0.4 is 5.32 Å². The molecular weight excluding hydrogens is 310 g/mol. The second-order valence-electron chi connectivity index (χ2n) is 4.69. The second-order valence-corrected chi connectivity index (χ2v) is 5.50. The zero-order valence-corrected chi connectivity index (χ0v) is 12.3. The minimum absolute atomic E-state index is 0.0681. The number of amides is 2. The smallest absolute Gasteiger partial charge is 0.251 e. The SMILES string of the molecule is CC(CN1CCCC1=O)NC(=O)c1ccnc(Br)c1. The number of carbonyl (C=O) groups is 2. The first-order valence-electron chi connectivity index (χ1n) is 6.26. The van der Waals surface area contributed by atoms with Crippen LogP contribution in [0.2, 0.25) is 0 Å². The Kier molecular flexibility index (Phi) is 4.52. The van der Waals surface area contributed by atoms with Crippen molar-refractivity contribution in [3.63, 3.8) is 0 Å². The third kappa shape index (κ3) is 3.76. The fourth-order valence-corrected chi connectivity index (χ4v) is 2.49. The average Bonchev–Trinajstić information content (AvgIpc) is 2.75. The van der Waals surface area contributed by atoms with Gasteiger partial charge >= 0.3 is 0 Å². The van der Waals surface area contributed by atoms with Gasteiger partial charge in [0.2, 0.25) is 5.91 Å². The van der Waals surface area contributed by atoms with E-state index in [1.807, 2.05) is 6.92 Å². The van der Waals surface area contributed by atoms with E-state index in [-0.39, 0.29) is 17.9 Å². The first kappa shape index (κ1) is 14.0. The predicted molar refractivity (Wildman–Crippen MR) is 74.7 cm³/mol. The minimum atomic E-state index is -0.151. The summed E-state index contributed by atoms with van der Waals surface area (Å²) in [5.41, 5.74) is 0.557. The van der Waals surface area contributed by atoms with E-state index in [2.05, 4.69) is 26.2 Å². The summed E-state index contributed by atoms with van der Waals surface area (Å²) in [6, 6.07) is 3.26.